The Kier molecular flexibility index (Phi) is 6.58. The first-order valence-corrected chi connectivity index (χ1v) is 11.0. The molecule has 4 N–H and O–H groups in total. The minimum Gasteiger partial charge on any atom is -0.504 e. The van der Waals surface area contributed by atoms with Crippen LogP contribution in [0.5, 0.6) is 23.0 Å². The first-order chi connectivity index (χ1) is 15.8. The van der Waals surface area contributed by atoms with Gasteiger partial charge in [-0.15, -0.1) is 0 Å². The predicted molar refractivity (Wildman–Crippen MR) is 135 cm³/mol. The topological polar surface area (TPSA) is 80.9 Å². The smallest absolute Gasteiger partial charge is 0.161 e. The largest absolute Gasteiger partial charge is 0.504 e. The molecule has 3 aromatic rings. The number of hydrogen-bond donors (Lipinski definition) is 4. The van der Waals surface area contributed by atoms with Gasteiger partial charge in [0.05, 0.1) is 0 Å². The van der Waals surface area contributed by atoms with E-state index in [-0.39, 0.29) is 33.8 Å². The van der Waals surface area contributed by atoms with Crippen LogP contribution in [0.3, 0.4) is 0 Å². The van der Waals surface area contributed by atoms with E-state index >= 15 is 0 Å². The zero-order valence-electron chi connectivity index (χ0n) is 20.4. The normalized spacial score (nSPS) is 11.2. The molecular formula is C30H30O4. The quantitative estimate of drug-likeness (QED) is 0.252. The first-order valence-electron chi connectivity index (χ1n) is 11.0. The third-order valence-corrected chi connectivity index (χ3v) is 5.36. The average Bonchev–Trinajstić information content (AvgIpc) is 2.73. The maximum absolute atomic E-state index is 10.2. The standard InChI is InChI=1S/C30H30O4/c1-29(2,3)23-15-21(17-25(31)27(23)33)12-10-19-8-7-9-20(14-19)11-13-22-16-24(30(4,5)6)28(34)26(32)18-22/h7-9,14-18,31-34H,1-6H3. The molecule has 0 aliphatic heterocycles. The van der Waals surface area contributed by atoms with Crippen molar-refractivity contribution in [1.29, 1.82) is 0 Å². The third-order valence-electron chi connectivity index (χ3n) is 5.36. The van der Waals surface area contributed by atoms with Crippen molar-refractivity contribution in [3.63, 3.8) is 0 Å². The zero-order chi connectivity index (χ0) is 25.3. The van der Waals surface area contributed by atoms with Crippen LogP contribution in [0, 0.1) is 23.7 Å². The molecule has 0 atom stereocenters. The SMILES string of the molecule is CC(C)(C)c1cc(C#Cc2cccc(C#Cc3cc(O)c(O)c(C(C)(C)C)c3)c2)cc(O)c1O. The zero-order valence-corrected chi connectivity index (χ0v) is 20.4. The molecule has 174 valence electrons. The highest BCUT2D eigenvalue weighted by atomic mass is 16.3. The van der Waals surface area contributed by atoms with E-state index in [9.17, 15) is 20.4 Å². The van der Waals surface area contributed by atoms with Gasteiger partial charge in [0.15, 0.2) is 23.0 Å². The molecule has 34 heavy (non-hydrogen) atoms. The fraction of sp³-hybridized carbons (Fsp3) is 0.267. The molecule has 0 spiro atoms. The highest BCUT2D eigenvalue weighted by Crippen LogP contribution is 2.38. The summed E-state index contributed by atoms with van der Waals surface area (Å²) in [7, 11) is 0. The lowest BCUT2D eigenvalue weighted by Gasteiger charge is -2.21. The lowest BCUT2D eigenvalue weighted by atomic mass is 9.85. The van der Waals surface area contributed by atoms with E-state index in [1.807, 2.05) is 65.8 Å². The van der Waals surface area contributed by atoms with E-state index in [4.69, 9.17) is 0 Å². The molecular weight excluding hydrogens is 424 g/mol. The molecule has 3 rings (SSSR count). The van der Waals surface area contributed by atoms with Gasteiger partial charge in [-0.2, -0.15) is 0 Å². The van der Waals surface area contributed by atoms with E-state index in [0.29, 0.717) is 22.3 Å². The first kappa shape index (κ1) is 24.6. The minimum atomic E-state index is -0.343. The van der Waals surface area contributed by atoms with Crippen LogP contribution in [0.25, 0.3) is 0 Å². The third kappa shape index (κ3) is 5.66. The van der Waals surface area contributed by atoms with Crippen molar-refractivity contribution in [1.82, 2.24) is 0 Å². The fourth-order valence-corrected chi connectivity index (χ4v) is 3.49. The van der Waals surface area contributed by atoms with Gasteiger partial charge >= 0.3 is 0 Å². The maximum atomic E-state index is 10.2. The van der Waals surface area contributed by atoms with Crippen LogP contribution in [-0.4, -0.2) is 20.4 Å². The Labute approximate surface area is 201 Å². The summed E-state index contributed by atoms with van der Waals surface area (Å²) in [5, 5.41) is 40.6. The Hall–Kier alpha value is -4.02. The molecule has 0 aromatic heterocycles. The van der Waals surface area contributed by atoms with Crippen molar-refractivity contribution in [3.8, 4) is 46.7 Å². The van der Waals surface area contributed by atoms with Gasteiger partial charge in [-0.05, 0) is 53.3 Å². The molecule has 0 saturated carbocycles. The Bertz CT molecular complexity index is 1260. The van der Waals surface area contributed by atoms with Gasteiger partial charge in [0.2, 0.25) is 0 Å². The van der Waals surface area contributed by atoms with Crippen LogP contribution in [-0.2, 0) is 10.8 Å². The summed E-state index contributed by atoms with van der Waals surface area (Å²) >= 11 is 0. The van der Waals surface area contributed by atoms with Crippen molar-refractivity contribution in [2.24, 2.45) is 0 Å². The Morgan fingerprint density at radius 1 is 0.500 bits per heavy atom. The molecule has 0 unspecified atom stereocenters. The summed E-state index contributed by atoms with van der Waals surface area (Å²) in [6, 6.07) is 13.9. The molecule has 0 saturated heterocycles. The molecule has 3 aromatic carbocycles. The lowest BCUT2D eigenvalue weighted by Crippen LogP contribution is -2.11. The number of benzene rings is 3. The highest BCUT2D eigenvalue weighted by molar-refractivity contribution is 5.57. The van der Waals surface area contributed by atoms with Gasteiger partial charge in [0.1, 0.15) is 0 Å². The number of phenolic OH excluding ortho intramolecular Hbond substituents is 4. The van der Waals surface area contributed by atoms with Crippen LogP contribution >= 0.6 is 0 Å². The summed E-state index contributed by atoms with van der Waals surface area (Å²) in [6.07, 6.45) is 0. The van der Waals surface area contributed by atoms with Gasteiger partial charge in [-0.25, -0.2) is 0 Å². The maximum Gasteiger partial charge on any atom is 0.161 e. The predicted octanol–water partition coefficient (Wildman–Crippen LogP) is 5.90. The van der Waals surface area contributed by atoms with Gasteiger partial charge in [0.25, 0.3) is 0 Å². The number of aromatic hydroxyl groups is 4. The van der Waals surface area contributed by atoms with Crippen LogP contribution in [0.15, 0.2) is 48.5 Å². The molecule has 0 aliphatic carbocycles. The van der Waals surface area contributed by atoms with Crippen LogP contribution < -0.4 is 0 Å². The van der Waals surface area contributed by atoms with Gasteiger partial charge < -0.3 is 20.4 Å². The molecule has 0 heterocycles. The van der Waals surface area contributed by atoms with Crippen molar-refractivity contribution >= 4 is 0 Å². The molecule has 4 nitrogen and oxygen atoms in total. The Morgan fingerprint density at radius 3 is 1.21 bits per heavy atom. The van der Waals surface area contributed by atoms with Gasteiger partial charge in [-0.3, -0.25) is 0 Å². The van der Waals surface area contributed by atoms with Crippen molar-refractivity contribution in [2.45, 2.75) is 52.4 Å². The van der Waals surface area contributed by atoms with Gasteiger partial charge in [0, 0.05) is 33.4 Å². The number of phenols is 4. The van der Waals surface area contributed by atoms with Crippen molar-refractivity contribution in [3.05, 3.63) is 81.9 Å². The molecule has 0 fully saturated rings. The summed E-state index contributed by atoms with van der Waals surface area (Å²) in [5.74, 6) is 11.7. The van der Waals surface area contributed by atoms with E-state index in [0.717, 1.165) is 11.1 Å². The molecule has 4 heteroatoms. The monoisotopic (exact) mass is 454 g/mol. The van der Waals surface area contributed by atoms with Gasteiger partial charge in [-0.1, -0.05) is 71.3 Å². The molecule has 0 aliphatic rings. The minimum absolute atomic E-state index is 0.120. The summed E-state index contributed by atoms with van der Waals surface area (Å²) in [4.78, 5) is 0. The van der Waals surface area contributed by atoms with E-state index in [2.05, 4.69) is 23.7 Å². The van der Waals surface area contributed by atoms with E-state index in [1.54, 1.807) is 12.1 Å². The second-order valence-corrected chi connectivity index (χ2v) is 10.4. The number of rotatable bonds is 0. The molecule has 0 amide bonds. The van der Waals surface area contributed by atoms with Crippen molar-refractivity contribution < 1.29 is 20.4 Å². The summed E-state index contributed by atoms with van der Waals surface area (Å²) < 4.78 is 0. The lowest BCUT2D eigenvalue weighted by molar-refractivity contribution is 0.389. The van der Waals surface area contributed by atoms with Crippen molar-refractivity contribution in [2.75, 3.05) is 0 Å². The fourth-order valence-electron chi connectivity index (χ4n) is 3.49. The average molecular weight is 455 g/mol. The second-order valence-electron chi connectivity index (χ2n) is 10.4. The van der Waals surface area contributed by atoms with E-state index < -0.39 is 0 Å². The van der Waals surface area contributed by atoms with Crippen LogP contribution in [0.1, 0.15) is 74.9 Å². The van der Waals surface area contributed by atoms with Crippen LogP contribution in [0.2, 0.25) is 0 Å². The Morgan fingerprint density at radius 2 is 0.853 bits per heavy atom. The summed E-state index contributed by atoms with van der Waals surface area (Å²) in [6.45, 7) is 11.7. The van der Waals surface area contributed by atoms with Crippen LogP contribution in [0.4, 0.5) is 0 Å². The highest BCUT2D eigenvalue weighted by Gasteiger charge is 2.22. The Balaban J connectivity index is 1.93. The molecule has 0 radical (unpaired) electrons. The molecule has 0 bridgehead atoms. The second kappa shape index (κ2) is 9.08. The summed E-state index contributed by atoms with van der Waals surface area (Å²) in [5.41, 5.74) is 3.28. The number of hydrogen-bond acceptors (Lipinski definition) is 4. The van der Waals surface area contributed by atoms with E-state index in [1.165, 1.54) is 12.1 Å².